The van der Waals surface area contributed by atoms with Gasteiger partial charge in [0, 0.05) is 13.1 Å². The van der Waals surface area contributed by atoms with Crippen LogP contribution in [0.25, 0.3) is 0 Å². The van der Waals surface area contributed by atoms with Crippen molar-refractivity contribution in [1.29, 1.82) is 0 Å². The van der Waals surface area contributed by atoms with Gasteiger partial charge in [-0.1, -0.05) is 0 Å². The fourth-order valence-electron chi connectivity index (χ4n) is 1.59. The van der Waals surface area contributed by atoms with Crippen LogP contribution in [0.3, 0.4) is 0 Å². The number of hydrogen-bond donors (Lipinski definition) is 2. The average Bonchev–Trinajstić information content (AvgIpc) is 2.35. The minimum absolute atomic E-state index is 0.125. The third-order valence-electron chi connectivity index (χ3n) is 2.55. The first-order valence-corrected chi connectivity index (χ1v) is 5.41. The molecule has 0 aromatic heterocycles. The number of amides is 1. The van der Waals surface area contributed by atoms with Crippen molar-refractivity contribution < 1.29 is 9.53 Å². The lowest BCUT2D eigenvalue weighted by Crippen LogP contribution is -2.38. The maximum Gasteiger partial charge on any atom is 0.269 e. The van der Waals surface area contributed by atoms with Crippen molar-refractivity contribution in [2.45, 2.75) is 19.3 Å². The van der Waals surface area contributed by atoms with Crippen LogP contribution in [-0.2, 0) is 9.53 Å². The molecular weight excluding hydrogens is 206 g/mol. The average molecular weight is 225 g/mol. The summed E-state index contributed by atoms with van der Waals surface area (Å²) < 4.78 is 4.74. The summed E-state index contributed by atoms with van der Waals surface area (Å²) in [5.41, 5.74) is 11.3. The van der Waals surface area contributed by atoms with Crippen LogP contribution in [0.1, 0.15) is 19.3 Å². The molecule has 0 unspecified atom stereocenters. The predicted molar refractivity (Wildman–Crippen MR) is 62.0 cm³/mol. The molecule has 4 N–H and O–H groups in total. The van der Waals surface area contributed by atoms with Crippen molar-refractivity contribution in [3.63, 3.8) is 0 Å². The fourth-order valence-corrected chi connectivity index (χ4v) is 1.59. The smallest absolute Gasteiger partial charge is 0.269 e. The number of hydrogen-bond acceptors (Lipinski definition) is 4. The van der Waals surface area contributed by atoms with Crippen molar-refractivity contribution >= 4 is 5.91 Å². The summed E-state index contributed by atoms with van der Waals surface area (Å²) in [6.45, 7) is 1.58. The number of carbonyl (C=O) groups is 1. The van der Waals surface area contributed by atoms with Gasteiger partial charge in [0.25, 0.3) is 5.91 Å². The Morgan fingerprint density at radius 3 is 2.38 bits per heavy atom. The SMILES string of the molecule is CO/C(N)=C/C=C(\N)C(=O)N1CCCCC1. The monoisotopic (exact) mass is 225 g/mol. The zero-order chi connectivity index (χ0) is 12.0. The topological polar surface area (TPSA) is 81.6 Å². The molecule has 1 amide bonds. The summed E-state index contributed by atoms with van der Waals surface area (Å²) in [5.74, 6) is 0.106. The van der Waals surface area contributed by atoms with E-state index in [1.807, 2.05) is 0 Å². The molecule has 5 heteroatoms. The number of allylic oxidation sites excluding steroid dienone is 2. The molecule has 0 saturated carbocycles. The number of nitrogens with two attached hydrogens (primary N) is 2. The van der Waals surface area contributed by atoms with Crippen LogP contribution in [-0.4, -0.2) is 31.0 Å². The number of carbonyl (C=O) groups excluding carboxylic acids is 1. The normalized spacial score (nSPS) is 18.4. The Labute approximate surface area is 95.7 Å². The highest BCUT2D eigenvalue weighted by molar-refractivity contribution is 5.92. The summed E-state index contributed by atoms with van der Waals surface area (Å²) >= 11 is 0. The minimum atomic E-state index is -0.125. The summed E-state index contributed by atoms with van der Waals surface area (Å²) in [6, 6.07) is 0. The Kier molecular flexibility index (Phi) is 4.69. The van der Waals surface area contributed by atoms with Gasteiger partial charge < -0.3 is 21.1 Å². The van der Waals surface area contributed by atoms with Crippen molar-refractivity contribution in [2.24, 2.45) is 11.5 Å². The molecular formula is C11H19N3O2. The van der Waals surface area contributed by atoms with E-state index >= 15 is 0 Å². The first-order valence-electron chi connectivity index (χ1n) is 5.41. The Balaban J connectivity index is 2.58. The summed E-state index contributed by atoms with van der Waals surface area (Å²) in [7, 11) is 1.46. The lowest BCUT2D eigenvalue weighted by atomic mass is 10.1. The van der Waals surface area contributed by atoms with Gasteiger partial charge in [0.2, 0.25) is 0 Å². The molecule has 0 spiro atoms. The zero-order valence-corrected chi connectivity index (χ0v) is 9.61. The van der Waals surface area contributed by atoms with Crippen LogP contribution >= 0.6 is 0 Å². The van der Waals surface area contributed by atoms with Gasteiger partial charge in [0.15, 0.2) is 5.88 Å². The van der Waals surface area contributed by atoms with E-state index in [-0.39, 0.29) is 17.5 Å². The van der Waals surface area contributed by atoms with E-state index in [9.17, 15) is 4.79 Å². The summed E-state index contributed by atoms with van der Waals surface area (Å²) in [6.07, 6.45) is 6.25. The third kappa shape index (κ3) is 3.49. The van der Waals surface area contributed by atoms with E-state index in [1.54, 1.807) is 4.90 Å². The molecule has 0 atom stereocenters. The van der Waals surface area contributed by atoms with Gasteiger partial charge in [-0.3, -0.25) is 4.79 Å². The Bertz CT molecular complexity index is 304. The van der Waals surface area contributed by atoms with Crippen LogP contribution < -0.4 is 11.5 Å². The van der Waals surface area contributed by atoms with Crippen LogP contribution in [0.15, 0.2) is 23.7 Å². The van der Waals surface area contributed by atoms with Gasteiger partial charge in [-0.25, -0.2) is 0 Å². The van der Waals surface area contributed by atoms with Gasteiger partial charge in [0.1, 0.15) is 0 Å². The van der Waals surface area contributed by atoms with E-state index in [4.69, 9.17) is 16.2 Å². The second-order valence-electron chi connectivity index (χ2n) is 3.75. The number of likely N-dealkylation sites (tertiary alicyclic amines) is 1. The second-order valence-corrected chi connectivity index (χ2v) is 3.75. The molecule has 0 radical (unpaired) electrons. The van der Waals surface area contributed by atoms with E-state index in [0.29, 0.717) is 0 Å². The largest absolute Gasteiger partial charge is 0.483 e. The summed E-state index contributed by atoms with van der Waals surface area (Å²) in [5, 5.41) is 0. The number of piperidine rings is 1. The third-order valence-corrected chi connectivity index (χ3v) is 2.55. The molecule has 0 aliphatic carbocycles. The molecule has 1 rings (SSSR count). The maximum atomic E-state index is 11.8. The van der Waals surface area contributed by atoms with Gasteiger partial charge in [-0.05, 0) is 31.4 Å². The molecule has 5 nitrogen and oxygen atoms in total. The molecule has 1 aliphatic rings. The number of rotatable bonds is 3. The van der Waals surface area contributed by atoms with E-state index < -0.39 is 0 Å². The van der Waals surface area contributed by atoms with Crippen LogP contribution in [0.4, 0.5) is 0 Å². The number of nitrogens with zero attached hydrogens (tertiary/aromatic N) is 1. The minimum Gasteiger partial charge on any atom is -0.483 e. The first kappa shape index (κ1) is 12.4. The van der Waals surface area contributed by atoms with Crippen molar-refractivity contribution in [3.05, 3.63) is 23.7 Å². The Morgan fingerprint density at radius 2 is 1.81 bits per heavy atom. The lowest BCUT2D eigenvalue weighted by molar-refractivity contribution is -0.128. The Morgan fingerprint density at radius 1 is 1.19 bits per heavy atom. The molecule has 0 bridgehead atoms. The van der Waals surface area contributed by atoms with Crippen LogP contribution in [0.2, 0.25) is 0 Å². The van der Waals surface area contributed by atoms with Gasteiger partial charge in [-0.2, -0.15) is 0 Å². The van der Waals surface area contributed by atoms with Crippen LogP contribution in [0, 0.1) is 0 Å². The lowest BCUT2D eigenvalue weighted by Gasteiger charge is -2.26. The standard InChI is InChI=1S/C11H19N3O2/c1-16-10(13)6-5-9(12)11(15)14-7-3-2-4-8-14/h5-6H,2-4,7-8,12-13H2,1H3/b9-5-,10-6+. The maximum absolute atomic E-state index is 11.8. The van der Waals surface area contributed by atoms with Crippen molar-refractivity contribution in [1.82, 2.24) is 4.90 Å². The molecule has 1 fully saturated rings. The Hall–Kier alpha value is -1.65. The molecule has 1 aliphatic heterocycles. The zero-order valence-electron chi connectivity index (χ0n) is 9.61. The van der Waals surface area contributed by atoms with Crippen molar-refractivity contribution in [2.75, 3.05) is 20.2 Å². The first-order chi connectivity index (χ1) is 7.65. The fraction of sp³-hybridized carbons (Fsp3) is 0.545. The predicted octanol–water partition coefficient (Wildman–Crippen LogP) is 0.288. The molecule has 16 heavy (non-hydrogen) atoms. The quantitative estimate of drug-likeness (QED) is 0.411. The van der Waals surface area contributed by atoms with Gasteiger partial charge in [-0.15, -0.1) is 0 Å². The van der Waals surface area contributed by atoms with Gasteiger partial charge >= 0.3 is 0 Å². The number of ether oxygens (including phenoxy) is 1. The highest BCUT2D eigenvalue weighted by Crippen LogP contribution is 2.10. The molecule has 1 heterocycles. The highest BCUT2D eigenvalue weighted by atomic mass is 16.5. The van der Waals surface area contributed by atoms with E-state index in [0.717, 1.165) is 25.9 Å². The molecule has 1 saturated heterocycles. The number of methoxy groups -OCH3 is 1. The van der Waals surface area contributed by atoms with E-state index in [2.05, 4.69) is 0 Å². The second kappa shape index (κ2) is 6.05. The van der Waals surface area contributed by atoms with E-state index in [1.165, 1.54) is 25.7 Å². The van der Waals surface area contributed by atoms with Crippen LogP contribution in [0.5, 0.6) is 0 Å². The highest BCUT2D eigenvalue weighted by Gasteiger charge is 2.17. The molecule has 0 aromatic carbocycles. The molecule has 0 aromatic rings. The van der Waals surface area contributed by atoms with Crippen molar-refractivity contribution in [3.8, 4) is 0 Å². The summed E-state index contributed by atoms with van der Waals surface area (Å²) in [4.78, 5) is 13.6. The van der Waals surface area contributed by atoms with Gasteiger partial charge in [0.05, 0.1) is 12.8 Å². The molecule has 90 valence electrons.